The van der Waals surface area contributed by atoms with E-state index in [0.29, 0.717) is 77.3 Å². The van der Waals surface area contributed by atoms with Crippen molar-refractivity contribution in [2.24, 2.45) is 80.2 Å². The summed E-state index contributed by atoms with van der Waals surface area (Å²) in [5.74, 6) is 3.58. The average molecular weight is 1730 g/mol. The second-order valence-electron chi connectivity index (χ2n) is 39.2. The smallest absolute Gasteiger partial charge is 0.310 e. The molecular formula is C101H164Cl2N6O12. The Morgan fingerprint density at radius 2 is 0.661 bits per heavy atom. The van der Waals surface area contributed by atoms with Crippen molar-refractivity contribution in [2.45, 2.75) is 350 Å². The number of nitrogens with one attached hydrogen (secondary N) is 1. The number of benzene rings is 2. The highest BCUT2D eigenvalue weighted by atomic mass is 35.5. The second kappa shape index (κ2) is 51.6. The molecule has 0 unspecified atom stereocenters. The van der Waals surface area contributed by atoms with E-state index in [2.05, 4.69) is 33.9 Å². The number of esters is 1. The summed E-state index contributed by atoms with van der Waals surface area (Å²) in [5, 5.41) is 22.9. The van der Waals surface area contributed by atoms with Gasteiger partial charge in [-0.3, -0.25) is 43.2 Å². The van der Waals surface area contributed by atoms with Crippen LogP contribution < -0.4 is 11.1 Å². The lowest BCUT2D eigenvalue weighted by Gasteiger charge is -2.46. The Morgan fingerprint density at radius 1 is 0.397 bits per heavy atom. The normalized spacial score (nSPS) is 23.8. The Labute approximate surface area is 741 Å². The van der Waals surface area contributed by atoms with E-state index < -0.39 is 23.4 Å². The van der Waals surface area contributed by atoms with Gasteiger partial charge < -0.3 is 45.6 Å². The van der Waals surface area contributed by atoms with Gasteiger partial charge in [-0.1, -0.05) is 197 Å². The fourth-order valence-corrected chi connectivity index (χ4v) is 24.1. The number of nitrogens with two attached hydrogens (primary N) is 1. The van der Waals surface area contributed by atoms with E-state index in [1.807, 2.05) is 79.1 Å². The van der Waals surface area contributed by atoms with Gasteiger partial charge >= 0.3 is 17.9 Å². The molecule has 14 rings (SSSR count). The molecule has 20 heteroatoms. The van der Waals surface area contributed by atoms with Crippen LogP contribution in [-0.4, -0.2) is 175 Å². The Kier molecular flexibility index (Phi) is 43.9. The molecule has 7 saturated carbocycles. The number of carboxylic acid groups (broad SMARTS) is 2. The molecule has 0 aromatic heterocycles. The molecule has 5 heterocycles. The van der Waals surface area contributed by atoms with Crippen LogP contribution in [-0.2, 0) is 60.7 Å². The van der Waals surface area contributed by atoms with Crippen molar-refractivity contribution >= 4 is 76.1 Å². The minimum Gasteiger partial charge on any atom is -0.481 e. The monoisotopic (exact) mass is 1720 g/mol. The van der Waals surface area contributed by atoms with Crippen LogP contribution in [0.25, 0.3) is 0 Å². The van der Waals surface area contributed by atoms with Gasteiger partial charge in [0, 0.05) is 63.8 Å². The third-order valence-electron chi connectivity index (χ3n) is 32.0. The van der Waals surface area contributed by atoms with Crippen molar-refractivity contribution in [1.82, 2.24) is 24.9 Å². The number of hydrogen-bond acceptors (Lipinski definition) is 14. The number of ketones is 4. The number of aliphatic carboxylic acids is 2. The molecule has 2 aromatic carbocycles. The van der Waals surface area contributed by atoms with Gasteiger partial charge in [-0.2, -0.15) is 0 Å². The molecule has 0 spiro atoms. The molecule has 5 aliphatic heterocycles. The fourth-order valence-electron chi connectivity index (χ4n) is 23.8. The number of rotatable bonds is 18. The largest absolute Gasteiger partial charge is 0.481 e. The topological polar surface area (TPSA) is 254 Å². The number of carbonyl (C=O) groups excluding carboxylic acids is 7. The zero-order chi connectivity index (χ0) is 86.9. The van der Waals surface area contributed by atoms with E-state index in [-0.39, 0.29) is 64.6 Å². The molecular weight excluding hydrogens is 1560 g/mol. The lowest BCUT2D eigenvalue weighted by molar-refractivity contribution is -0.157. The zero-order valence-electron chi connectivity index (χ0n) is 75.7. The number of methoxy groups -OCH3 is 1. The minimum absolute atomic E-state index is 0. The molecule has 12 aliphatic rings. The molecule has 5 saturated heterocycles. The summed E-state index contributed by atoms with van der Waals surface area (Å²) in [5.41, 5.74) is 7.64. The van der Waals surface area contributed by atoms with Gasteiger partial charge in [0.15, 0.2) is 0 Å². The highest BCUT2D eigenvalue weighted by molar-refractivity contribution is 6.30. The third kappa shape index (κ3) is 29.5. The maximum Gasteiger partial charge on any atom is 0.310 e. The number of Topliss-reactive ketones (excluding diaryl/α,β-unsaturated/α-hetero) is 4. The molecule has 18 nitrogen and oxygen atoms in total. The van der Waals surface area contributed by atoms with Crippen LogP contribution in [0.5, 0.6) is 0 Å². The number of carbonyl (C=O) groups is 9. The van der Waals surface area contributed by atoms with E-state index in [9.17, 15) is 48.3 Å². The zero-order valence-corrected chi connectivity index (χ0v) is 77.2. The van der Waals surface area contributed by atoms with Crippen molar-refractivity contribution < 1.29 is 58.1 Å². The highest BCUT2D eigenvalue weighted by Gasteiger charge is 2.51. The van der Waals surface area contributed by atoms with Crippen LogP contribution in [0.4, 0.5) is 0 Å². The van der Waals surface area contributed by atoms with Crippen LogP contribution in [0.15, 0.2) is 48.5 Å². The van der Waals surface area contributed by atoms with Crippen LogP contribution in [0.3, 0.4) is 0 Å². The van der Waals surface area contributed by atoms with Crippen molar-refractivity contribution in [3.05, 3.63) is 69.7 Å². The Hall–Kier alpha value is -5.11. The van der Waals surface area contributed by atoms with Gasteiger partial charge in [0.2, 0.25) is 11.8 Å². The maximum absolute atomic E-state index is 12.9. The van der Waals surface area contributed by atoms with E-state index in [4.69, 9.17) is 34.0 Å². The summed E-state index contributed by atoms with van der Waals surface area (Å²) in [4.78, 5) is 116. The molecule has 0 radical (unpaired) electrons. The van der Waals surface area contributed by atoms with Crippen molar-refractivity contribution in [3.63, 3.8) is 0 Å². The molecule has 121 heavy (non-hydrogen) atoms. The molecule has 2 amide bonds. The van der Waals surface area contributed by atoms with Gasteiger partial charge in [-0.15, -0.1) is 0 Å². The Bertz CT molecular complexity index is 3270. The number of carboxylic acids is 2. The minimum atomic E-state index is -0.602. The number of piperidine rings is 5. The van der Waals surface area contributed by atoms with E-state index in [0.717, 1.165) is 203 Å². The van der Waals surface area contributed by atoms with Crippen LogP contribution in [0.2, 0.25) is 10.0 Å². The molecule has 2 aromatic rings. The number of amides is 2. The predicted octanol–water partition coefficient (Wildman–Crippen LogP) is 21.1. The lowest BCUT2D eigenvalue weighted by atomic mass is 9.62. The van der Waals surface area contributed by atoms with Crippen LogP contribution in [0.1, 0.15) is 342 Å². The van der Waals surface area contributed by atoms with Gasteiger partial charge in [0.25, 0.3) is 0 Å². The van der Waals surface area contributed by atoms with E-state index >= 15 is 0 Å². The summed E-state index contributed by atoms with van der Waals surface area (Å²) in [6.45, 7) is 18.1. The van der Waals surface area contributed by atoms with Gasteiger partial charge in [0.05, 0.1) is 30.4 Å². The van der Waals surface area contributed by atoms with Crippen LogP contribution in [0, 0.1) is 74.4 Å². The van der Waals surface area contributed by atoms with Gasteiger partial charge in [0.1, 0.15) is 23.1 Å². The molecule has 5 N–H and O–H groups in total. The van der Waals surface area contributed by atoms with Crippen molar-refractivity contribution in [1.29, 1.82) is 0 Å². The number of hydrogen-bond donors (Lipinski definition) is 4. The Balaban J connectivity index is 0.000000200. The SMILES string of the molecule is C.CC(=O)C1(C2CCCCC2)CCN(C(=O)[C@H](C)Cc2ccc(Cl)cc2)CC1.CC(=O)C1(C2CCCCC2)CCN(C(=O)[C@H](N)Cc2ccc(Cl)cc2)CC1.CC(=O)C1(C2CCCCC2)CCN(C)CC1.CC(=O)C1(C2CCCCC2)CCNCC1.CN1CCC(C(=O)O)(C2CCCCC2)CC1.COC(=O)C1CCCCC1.O=C(O)C1CCCCC1. The molecule has 0 bridgehead atoms. The Morgan fingerprint density at radius 3 is 0.950 bits per heavy atom. The third-order valence-corrected chi connectivity index (χ3v) is 32.5. The molecule has 2 atom stereocenters. The standard InChI is InChI=1S/C23H32ClNO2.C22H31ClN2O2.C14H25NO.C13H23NO2.C13H23NO.C8H14O2.C7H12O2.CH4/c1-17(16-19-8-10-21(24)11-9-19)22(27)25-14-12-23(13-15-25,18(2)26)20-6-4-3-5-7-20;1-16(26)22(18-5-3-2-4-6-18)11-13-25(14-12-22)21(27)20(24)15-17-7-9-19(23)10-8-17;1-12(16)14(8-10-15(2)11-9-14)13-6-4-3-5-7-13;1-14-9-7-13(8-10-14,12(15)16)11-5-3-2-4-6-11;1-11(15)13(7-9-14-10-8-13)12-5-3-2-4-6-12;1-10-8(9)7-5-3-2-4-6-7;8-7(9)6-4-2-1-3-5-6;/h8-11,17,20H,3-7,12-16H2,1-2H3;7-10,18,20H,2-6,11-15,24H2,1H3;13H,3-11H2,1-2H3;11H,2-10H2,1H3,(H,15,16);12,14H,2-10H2,1H3;7H,2-6H2,1H3;6H,1-5H2,(H,8,9);1H4/t17-;20-;;;;;;/m11....../s1. The first-order valence-corrected chi connectivity index (χ1v) is 48.8. The fraction of sp³-hybridized carbons (Fsp3) is 0.792. The van der Waals surface area contributed by atoms with E-state index in [1.165, 1.54) is 168 Å². The number of halogens is 2. The number of nitrogens with zero attached hydrogens (tertiary/aromatic N) is 4. The van der Waals surface area contributed by atoms with Crippen LogP contribution >= 0.6 is 23.2 Å². The van der Waals surface area contributed by atoms with Gasteiger partial charge in [-0.25, -0.2) is 0 Å². The first-order valence-electron chi connectivity index (χ1n) is 48.0. The summed E-state index contributed by atoms with van der Waals surface area (Å²) < 4.78 is 4.65. The second-order valence-corrected chi connectivity index (χ2v) is 40.1. The van der Waals surface area contributed by atoms with E-state index in [1.54, 1.807) is 13.8 Å². The molecule has 12 fully saturated rings. The molecule has 684 valence electrons. The molecule has 7 aliphatic carbocycles. The van der Waals surface area contributed by atoms with Crippen molar-refractivity contribution in [3.8, 4) is 0 Å². The average Bonchev–Trinajstić information content (AvgIpc) is 0.769. The highest BCUT2D eigenvalue weighted by Crippen LogP contribution is 2.52. The van der Waals surface area contributed by atoms with Crippen molar-refractivity contribution in [2.75, 3.05) is 86.7 Å². The summed E-state index contributed by atoms with van der Waals surface area (Å²) >= 11 is 11.9. The van der Waals surface area contributed by atoms with Gasteiger partial charge in [-0.05, 0) is 313 Å². The summed E-state index contributed by atoms with van der Waals surface area (Å²) in [6.07, 6.45) is 53.1. The first kappa shape index (κ1) is 103. The first-order chi connectivity index (χ1) is 57.5. The number of likely N-dealkylation sites (tertiary alicyclic amines) is 4. The summed E-state index contributed by atoms with van der Waals surface area (Å²) in [7, 11) is 5.73. The maximum atomic E-state index is 12.9. The lowest BCUT2D eigenvalue weighted by Crippen LogP contribution is -2.53. The quantitative estimate of drug-likeness (QED) is 0.101. The summed E-state index contributed by atoms with van der Waals surface area (Å²) in [6, 6.07) is 14.6. The predicted molar refractivity (Wildman–Crippen MR) is 490 cm³/mol. The number of ether oxygens (including phenoxy) is 1.